The van der Waals surface area contributed by atoms with Crippen molar-refractivity contribution in [3.05, 3.63) is 35.4 Å². The van der Waals surface area contributed by atoms with Crippen molar-refractivity contribution in [2.75, 3.05) is 20.2 Å². The van der Waals surface area contributed by atoms with E-state index < -0.39 is 11.8 Å². The van der Waals surface area contributed by atoms with Gasteiger partial charge in [-0.25, -0.2) is 0 Å². The largest absolute Gasteiger partial charge is 0.380 e. The Hall–Kier alpha value is -1.88. The van der Waals surface area contributed by atoms with Crippen LogP contribution in [0.4, 0.5) is 0 Å². The first-order chi connectivity index (χ1) is 10.2. The molecule has 1 aliphatic rings. The molecule has 0 fully saturated rings. The Bertz CT molecular complexity index is 512. The summed E-state index contributed by atoms with van der Waals surface area (Å²) in [6.45, 7) is 3.43. The Morgan fingerprint density at radius 2 is 2.05 bits per heavy atom. The fraction of sp³-hybridized carbons (Fsp3) is 0.500. The number of fused-ring (bicyclic) bond motifs is 1. The Kier molecular flexibility index (Phi) is 5.33. The van der Waals surface area contributed by atoms with Crippen LogP contribution in [0.2, 0.25) is 0 Å². The lowest BCUT2D eigenvalue weighted by Gasteiger charge is -2.28. The molecule has 0 saturated heterocycles. The first-order valence-electron chi connectivity index (χ1n) is 7.32. The predicted molar refractivity (Wildman–Crippen MR) is 79.7 cm³/mol. The molecule has 5 nitrogen and oxygen atoms in total. The first kappa shape index (κ1) is 15.5. The van der Waals surface area contributed by atoms with Crippen molar-refractivity contribution in [1.29, 1.82) is 0 Å². The first-order valence-corrected chi connectivity index (χ1v) is 7.32. The van der Waals surface area contributed by atoms with Gasteiger partial charge in [-0.2, -0.15) is 0 Å². The molecule has 2 rings (SSSR count). The third kappa shape index (κ3) is 3.82. The Balaban J connectivity index is 1.91. The van der Waals surface area contributed by atoms with E-state index >= 15 is 0 Å². The molecular weight excluding hydrogens is 268 g/mol. The van der Waals surface area contributed by atoms with Gasteiger partial charge in [0.1, 0.15) is 0 Å². The van der Waals surface area contributed by atoms with E-state index in [0.717, 1.165) is 18.4 Å². The number of rotatable bonds is 4. The van der Waals surface area contributed by atoms with Crippen LogP contribution >= 0.6 is 0 Å². The van der Waals surface area contributed by atoms with Crippen molar-refractivity contribution in [1.82, 2.24) is 10.2 Å². The van der Waals surface area contributed by atoms with E-state index in [0.29, 0.717) is 19.6 Å². The molecule has 1 aliphatic heterocycles. The van der Waals surface area contributed by atoms with Gasteiger partial charge < -0.3 is 15.0 Å². The summed E-state index contributed by atoms with van der Waals surface area (Å²) in [7, 11) is 1.60. The number of benzene rings is 1. The Labute approximate surface area is 125 Å². The summed E-state index contributed by atoms with van der Waals surface area (Å²) in [4.78, 5) is 25.7. The average molecular weight is 290 g/mol. The molecule has 0 saturated carbocycles. The van der Waals surface area contributed by atoms with Gasteiger partial charge in [0.25, 0.3) is 0 Å². The highest BCUT2D eigenvalue weighted by molar-refractivity contribution is 6.35. The van der Waals surface area contributed by atoms with Crippen LogP contribution in [0.15, 0.2) is 24.3 Å². The van der Waals surface area contributed by atoms with Crippen LogP contribution in [-0.4, -0.2) is 43.0 Å². The standard InChI is InChI=1S/C16H22N2O3/c1-3-14(21-2)10-17-15(19)16(20)18-9-8-12-6-4-5-7-13(12)11-18/h4-7,14H,3,8-11H2,1-2H3,(H,17,19). The zero-order chi connectivity index (χ0) is 15.2. The van der Waals surface area contributed by atoms with Crippen LogP contribution in [-0.2, 0) is 27.3 Å². The highest BCUT2D eigenvalue weighted by atomic mass is 16.5. The van der Waals surface area contributed by atoms with E-state index in [-0.39, 0.29) is 6.10 Å². The fourth-order valence-electron chi connectivity index (χ4n) is 2.49. The van der Waals surface area contributed by atoms with Gasteiger partial charge in [-0.3, -0.25) is 9.59 Å². The minimum atomic E-state index is -0.551. The number of nitrogens with zero attached hydrogens (tertiary/aromatic N) is 1. The van der Waals surface area contributed by atoms with E-state index in [1.54, 1.807) is 12.0 Å². The molecule has 0 radical (unpaired) electrons. The average Bonchev–Trinajstić information content (AvgIpc) is 2.54. The zero-order valence-electron chi connectivity index (χ0n) is 12.6. The number of methoxy groups -OCH3 is 1. The topological polar surface area (TPSA) is 58.6 Å². The third-order valence-electron chi connectivity index (χ3n) is 3.89. The quantitative estimate of drug-likeness (QED) is 0.845. The van der Waals surface area contributed by atoms with Crippen molar-refractivity contribution >= 4 is 11.8 Å². The lowest BCUT2D eigenvalue weighted by atomic mass is 10.00. The van der Waals surface area contributed by atoms with E-state index in [2.05, 4.69) is 11.4 Å². The highest BCUT2D eigenvalue weighted by Gasteiger charge is 2.25. The van der Waals surface area contributed by atoms with Crippen molar-refractivity contribution < 1.29 is 14.3 Å². The van der Waals surface area contributed by atoms with Crippen LogP contribution in [0.25, 0.3) is 0 Å². The van der Waals surface area contributed by atoms with Gasteiger partial charge in [-0.15, -0.1) is 0 Å². The van der Waals surface area contributed by atoms with Gasteiger partial charge >= 0.3 is 11.8 Å². The maximum Gasteiger partial charge on any atom is 0.312 e. The molecule has 21 heavy (non-hydrogen) atoms. The molecule has 0 aromatic heterocycles. The second-order valence-electron chi connectivity index (χ2n) is 5.22. The molecule has 5 heteroatoms. The van der Waals surface area contributed by atoms with Crippen LogP contribution in [0.3, 0.4) is 0 Å². The van der Waals surface area contributed by atoms with Crippen LogP contribution in [0, 0.1) is 0 Å². The summed E-state index contributed by atoms with van der Waals surface area (Å²) in [6.07, 6.45) is 1.54. The van der Waals surface area contributed by atoms with Crippen molar-refractivity contribution in [2.24, 2.45) is 0 Å². The fourth-order valence-corrected chi connectivity index (χ4v) is 2.49. The summed E-state index contributed by atoms with van der Waals surface area (Å²) < 4.78 is 5.18. The number of hydrogen-bond acceptors (Lipinski definition) is 3. The van der Waals surface area contributed by atoms with Crippen molar-refractivity contribution in [3.8, 4) is 0 Å². The normalized spacial score (nSPS) is 15.2. The number of carbonyl (C=O) groups is 2. The minimum absolute atomic E-state index is 0.0520. The summed E-state index contributed by atoms with van der Waals surface area (Å²) in [6, 6.07) is 8.03. The molecule has 1 heterocycles. The number of amides is 2. The van der Waals surface area contributed by atoms with Gasteiger partial charge in [-0.05, 0) is 24.0 Å². The maximum atomic E-state index is 12.2. The molecule has 1 aromatic carbocycles. The van der Waals surface area contributed by atoms with E-state index in [1.165, 1.54) is 5.56 Å². The SMILES string of the molecule is CCC(CNC(=O)C(=O)N1CCc2ccccc2C1)OC. The van der Waals surface area contributed by atoms with E-state index in [9.17, 15) is 9.59 Å². The summed E-state index contributed by atoms with van der Waals surface area (Å²) >= 11 is 0. The minimum Gasteiger partial charge on any atom is -0.380 e. The molecule has 1 N–H and O–H groups in total. The van der Waals surface area contributed by atoms with Crippen molar-refractivity contribution in [2.45, 2.75) is 32.4 Å². The number of carbonyl (C=O) groups excluding carboxylic acids is 2. The van der Waals surface area contributed by atoms with Gasteiger partial charge in [0, 0.05) is 26.7 Å². The number of ether oxygens (including phenoxy) is 1. The second kappa shape index (κ2) is 7.22. The molecule has 1 aromatic rings. The molecule has 0 aliphatic carbocycles. The summed E-state index contributed by atoms with van der Waals surface area (Å²) in [5, 5.41) is 2.65. The maximum absolute atomic E-state index is 12.2. The Morgan fingerprint density at radius 3 is 2.71 bits per heavy atom. The van der Waals surface area contributed by atoms with Gasteiger partial charge in [0.05, 0.1) is 6.10 Å². The smallest absolute Gasteiger partial charge is 0.312 e. The molecule has 114 valence electrons. The van der Waals surface area contributed by atoms with Crippen LogP contribution in [0.1, 0.15) is 24.5 Å². The van der Waals surface area contributed by atoms with Gasteiger partial charge in [0.2, 0.25) is 0 Å². The molecule has 0 bridgehead atoms. The molecule has 1 unspecified atom stereocenters. The van der Waals surface area contributed by atoms with E-state index in [1.807, 2.05) is 25.1 Å². The number of hydrogen-bond donors (Lipinski definition) is 1. The lowest BCUT2D eigenvalue weighted by molar-refractivity contribution is -0.146. The van der Waals surface area contributed by atoms with Crippen LogP contribution in [0.5, 0.6) is 0 Å². The Morgan fingerprint density at radius 1 is 1.33 bits per heavy atom. The molecule has 1 atom stereocenters. The molecular formula is C16H22N2O3. The molecule has 2 amide bonds. The van der Waals surface area contributed by atoms with E-state index in [4.69, 9.17) is 4.74 Å². The second-order valence-corrected chi connectivity index (χ2v) is 5.22. The van der Waals surface area contributed by atoms with Gasteiger partial charge in [-0.1, -0.05) is 31.2 Å². The highest BCUT2D eigenvalue weighted by Crippen LogP contribution is 2.18. The molecule has 0 spiro atoms. The third-order valence-corrected chi connectivity index (χ3v) is 3.89. The number of nitrogens with one attached hydrogen (secondary N) is 1. The summed E-state index contributed by atoms with van der Waals surface area (Å²) in [5.74, 6) is -1.01. The van der Waals surface area contributed by atoms with Gasteiger partial charge in [0.15, 0.2) is 0 Å². The lowest BCUT2D eigenvalue weighted by Crippen LogP contribution is -2.46. The van der Waals surface area contributed by atoms with Crippen molar-refractivity contribution in [3.63, 3.8) is 0 Å². The van der Waals surface area contributed by atoms with Crippen LogP contribution < -0.4 is 5.32 Å². The zero-order valence-corrected chi connectivity index (χ0v) is 12.6. The predicted octanol–water partition coefficient (Wildman–Crippen LogP) is 1.11. The summed E-state index contributed by atoms with van der Waals surface area (Å²) in [5.41, 5.74) is 2.38. The monoisotopic (exact) mass is 290 g/mol.